The predicted molar refractivity (Wildman–Crippen MR) is 78.6 cm³/mol. The zero-order valence-electron chi connectivity index (χ0n) is 10.8. The maximum absolute atomic E-state index is 11.5. The van der Waals surface area contributed by atoms with Gasteiger partial charge in [0, 0.05) is 11.6 Å². The second-order valence-corrected chi connectivity index (χ2v) is 6.62. The van der Waals surface area contributed by atoms with E-state index in [1.807, 2.05) is 24.3 Å². The van der Waals surface area contributed by atoms with E-state index < -0.39 is 9.84 Å². The van der Waals surface area contributed by atoms with E-state index in [2.05, 4.69) is 5.10 Å². The van der Waals surface area contributed by atoms with E-state index in [0.717, 1.165) is 17.2 Å². The molecular formula is C14H13N3O2S. The predicted octanol–water partition coefficient (Wildman–Crippen LogP) is 2.01. The molecule has 0 aliphatic rings. The first-order valence-corrected chi connectivity index (χ1v) is 7.89. The number of hydrogen-bond acceptors (Lipinski definition) is 4. The van der Waals surface area contributed by atoms with Gasteiger partial charge in [-0.1, -0.05) is 18.2 Å². The smallest absolute Gasteiger partial charge is 0.175 e. The molecule has 20 heavy (non-hydrogen) atoms. The highest BCUT2D eigenvalue weighted by Gasteiger charge is 2.12. The van der Waals surface area contributed by atoms with Crippen LogP contribution in [0, 0.1) is 0 Å². The Balaban J connectivity index is 2.21. The number of anilines is 1. The molecule has 0 spiro atoms. The van der Waals surface area contributed by atoms with Crippen molar-refractivity contribution in [2.75, 3.05) is 12.0 Å². The highest BCUT2D eigenvalue weighted by molar-refractivity contribution is 7.90. The summed E-state index contributed by atoms with van der Waals surface area (Å²) < 4.78 is 24.7. The van der Waals surface area contributed by atoms with Crippen LogP contribution in [0.1, 0.15) is 0 Å². The molecule has 6 heteroatoms. The monoisotopic (exact) mass is 287 g/mol. The minimum absolute atomic E-state index is 0.204. The van der Waals surface area contributed by atoms with E-state index in [4.69, 9.17) is 5.73 Å². The molecule has 0 radical (unpaired) electrons. The third kappa shape index (κ3) is 2.04. The van der Waals surface area contributed by atoms with E-state index in [-0.39, 0.29) is 4.90 Å². The van der Waals surface area contributed by atoms with Crippen molar-refractivity contribution in [3.63, 3.8) is 0 Å². The third-order valence-corrected chi connectivity index (χ3v) is 4.24. The number of benzene rings is 2. The molecule has 0 aliphatic carbocycles. The average molecular weight is 287 g/mol. The summed E-state index contributed by atoms with van der Waals surface area (Å²) >= 11 is 0. The Kier molecular flexibility index (Phi) is 2.76. The van der Waals surface area contributed by atoms with Gasteiger partial charge in [-0.15, -0.1) is 0 Å². The van der Waals surface area contributed by atoms with Gasteiger partial charge in [-0.3, -0.25) is 0 Å². The van der Waals surface area contributed by atoms with Crippen LogP contribution in [0.15, 0.2) is 53.6 Å². The maximum atomic E-state index is 11.5. The van der Waals surface area contributed by atoms with Crippen molar-refractivity contribution in [1.82, 2.24) is 9.78 Å². The molecule has 3 rings (SSSR count). The van der Waals surface area contributed by atoms with Crippen molar-refractivity contribution in [2.24, 2.45) is 0 Å². The lowest BCUT2D eigenvalue weighted by atomic mass is 10.2. The summed E-state index contributed by atoms with van der Waals surface area (Å²) in [5, 5.41) is 5.30. The molecule has 0 atom stereocenters. The van der Waals surface area contributed by atoms with Crippen LogP contribution in [0.4, 0.5) is 5.69 Å². The number of nitrogen functional groups attached to an aromatic ring is 1. The highest BCUT2D eigenvalue weighted by Crippen LogP contribution is 2.24. The number of nitrogens with two attached hydrogens (primary N) is 1. The Morgan fingerprint density at radius 3 is 2.60 bits per heavy atom. The van der Waals surface area contributed by atoms with Crippen LogP contribution < -0.4 is 5.73 Å². The van der Waals surface area contributed by atoms with Crippen molar-refractivity contribution < 1.29 is 8.42 Å². The van der Waals surface area contributed by atoms with Crippen LogP contribution in [0.5, 0.6) is 0 Å². The van der Waals surface area contributed by atoms with E-state index >= 15 is 0 Å². The number of rotatable bonds is 2. The molecule has 0 amide bonds. The standard InChI is InChI=1S/C14H13N3O2S/c1-20(18,19)11-6-7-14(12(15)8-11)17-13-5-3-2-4-10(13)9-16-17/h2-9H,15H2,1H3. The summed E-state index contributed by atoms with van der Waals surface area (Å²) in [6.45, 7) is 0. The molecule has 0 aliphatic heterocycles. The lowest BCUT2D eigenvalue weighted by Gasteiger charge is -2.08. The third-order valence-electron chi connectivity index (χ3n) is 3.13. The minimum Gasteiger partial charge on any atom is -0.397 e. The van der Waals surface area contributed by atoms with Gasteiger partial charge in [0.05, 0.1) is 28.0 Å². The quantitative estimate of drug-likeness (QED) is 0.731. The van der Waals surface area contributed by atoms with Gasteiger partial charge in [0.15, 0.2) is 9.84 Å². The second-order valence-electron chi connectivity index (χ2n) is 4.61. The fourth-order valence-corrected chi connectivity index (χ4v) is 2.78. The van der Waals surface area contributed by atoms with E-state index in [0.29, 0.717) is 11.4 Å². The summed E-state index contributed by atoms with van der Waals surface area (Å²) in [5.41, 5.74) is 7.94. The lowest BCUT2D eigenvalue weighted by Crippen LogP contribution is -2.04. The Bertz CT molecular complexity index is 898. The van der Waals surface area contributed by atoms with Crippen LogP contribution >= 0.6 is 0 Å². The van der Waals surface area contributed by atoms with Gasteiger partial charge in [0.2, 0.25) is 0 Å². The highest BCUT2D eigenvalue weighted by atomic mass is 32.2. The molecule has 0 bridgehead atoms. The molecule has 3 aromatic rings. The van der Waals surface area contributed by atoms with Gasteiger partial charge >= 0.3 is 0 Å². The number of nitrogens with zero attached hydrogens (tertiary/aromatic N) is 2. The van der Waals surface area contributed by atoms with Crippen LogP contribution in [0.3, 0.4) is 0 Å². The van der Waals surface area contributed by atoms with Gasteiger partial charge in [0.25, 0.3) is 0 Å². The van der Waals surface area contributed by atoms with Gasteiger partial charge in [0.1, 0.15) is 0 Å². The molecule has 0 unspecified atom stereocenters. The number of sulfone groups is 1. The summed E-state index contributed by atoms with van der Waals surface area (Å²) in [7, 11) is -3.26. The Morgan fingerprint density at radius 2 is 1.90 bits per heavy atom. The number of para-hydroxylation sites is 1. The molecule has 1 aromatic heterocycles. The number of fused-ring (bicyclic) bond motifs is 1. The molecule has 102 valence electrons. The van der Waals surface area contributed by atoms with Gasteiger partial charge in [-0.25, -0.2) is 13.1 Å². The summed E-state index contributed by atoms with van der Waals surface area (Å²) in [5.74, 6) is 0. The first-order chi connectivity index (χ1) is 9.47. The zero-order valence-corrected chi connectivity index (χ0v) is 11.6. The fraction of sp³-hybridized carbons (Fsp3) is 0.0714. The van der Waals surface area contributed by atoms with E-state index in [1.165, 1.54) is 12.1 Å². The topological polar surface area (TPSA) is 78.0 Å². The van der Waals surface area contributed by atoms with Gasteiger partial charge < -0.3 is 5.73 Å². The van der Waals surface area contributed by atoms with Crippen LogP contribution in [0.25, 0.3) is 16.6 Å². The van der Waals surface area contributed by atoms with Crippen molar-refractivity contribution in [2.45, 2.75) is 4.90 Å². The molecule has 2 aromatic carbocycles. The van der Waals surface area contributed by atoms with Crippen LogP contribution in [-0.4, -0.2) is 24.5 Å². The summed E-state index contributed by atoms with van der Waals surface area (Å²) in [4.78, 5) is 0.204. The second kappa shape index (κ2) is 4.35. The first kappa shape index (κ1) is 12.7. The number of aromatic nitrogens is 2. The molecule has 0 saturated heterocycles. The molecule has 0 saturated carbocycles. The van der Waals surface area contributed by atoms with Crippen LogP contribution in [0.2, 0.25) is 0 Å². The molecular weight excluding hydrogens is 274 g/mol. The van der Waals surface area contributed by atoms with Crippen molar-refractivity contribution >= 4 is 26.4 Å². The Hall–Kier alpha value is -2.34. The van der Waals surface area contributed by atoms with E-state index in [9.17, 15) is 8.42 Å². The van der Waals surface area contributed by atoms with Gasteiger partial charge in [-0.05, 0) is 24.3 Å². The van der Waals surface area contributed by atoms with Crippen molar-refractivity contribution in [1.29, 1.82) is 0 Å². The Labute approximate surface area is 116 Å². The molecule has 2 N–H and O–H groups in total. The molecule has 5 nitrogen and oxygen atoms in total. The average Bonchev–Trinajstić information content (AvgIpc) is 2.81. The number of hydrogen-bond donors (Lipinski definition) is 1. The SMILES string of the molecule is CS(=O)(=O)c1ccc(-n2ncc3ccccc32)c(N)c1. The normalized spacial score (nSPS) is 11.8. The first-order valence-electron chi connectivity index (χ1n) is 5.99. The van der Waals surface area contributed by atoms with E-state index in [1.54, 1.807) is 16.9 Å². The largest absolute Gasteiger partial charge is 0.397 e. The Morgan fingerprint density at radius 1 is 1.15 bits per heavy atom. The molecule has 0 fully saturated rings. The fourth-order valence-electron chi connectivity index (χ4n) is 2.12. The van der Waals surface area contributed by atoms with Crippen molar-refractivity contribution in [3.8, 4) is 5.69 Å². The molecule has 1 heterocycles. The minimum atomic E-state index is -3.26. The zero-order chi connectivity index (χ0) is 14.3. The van der Waals surface area contributed by atoms with Crippen LogP contribution in [-0.2, 0) is 9.84 Å². The summed E-state index contributed by atoms with van der Waals surface area (Å²) in [6, 6.07) is 12.4. The van der Waals surface area contributed by atoms with Crippen molar-refractivity contribution in [3.05, 3.63) is 48.7 Å². The lowest BCUT2D eigenvalue weighted by molar-refractivity contribution is 0.602. The van der Waals surface area contributed by atoms with Gasteiger partial charge in [-0.2, -0.15) is 5.10 Å². The maximum Gasteiger partial charge on any atom is 0.175 e. The summed E-state index contributed by atoms with van der Waals surface area (Å²) in [6.07, 6.45) is 2.91.